The number of amides is 1. The Bertz CT molecular complexity index is 389. The average molecular weight is 248 g/mol. The normalized spacial score (nSPS) is 9.89. The molecule has 1 aromatic carbocycles. The van der Waals surface area contributed by atoms with E-state index in [1.54, 1.807) is 6.92 Å². The number of esters is 1. The lowest BCUT2D eigenvalue weighted by Crippen LogP contribution is -2.35. The highest BCUT2D eigenvalue weighted by Gasteiger charge is 2.16. The van der Waals surface area contributed by atoms with Gasteiger partial charge in [0.25, 0.3) is 0 Å². The second kappa shape index (κ2) is 7.48. The number of carbonyl (C=O) groups excluding carboxylic acids is 2. The Morgan fingerprint density at radius 3 is 2.50 bits per heavy atom. The van der Waals surface area contributed by atoms with E-state index in [2.05, 4.69) is 6.92 Å². The highest BCUT2D eigenvalue weighted by molar-refractivity contribution is 5.82. The summed E-state index contributed by atoms with van der Waals surface area (Å²) in [5.74, 6) is -0.554. The van der Waals surface area contributed by atoms with Crippen LogP contribution < -0.4 is 0 Å². The topological polar surface area (TPSA) is 46.6 Å². The van der Waals surface area contributed by atoms with E-state index >= 15 is 0 Å². The van der Waals surface area contributed by atoms with Gasteiger partial charge in [0.15, 0.2) is 0 Å². The number of carbonyl (C=O) groups is 2. The first-order valence-corrected chi connectivity index (χ1v) is 5.94. The van der Waals surface area contributed by atoms with E-state index in [0.717, 1.165) is 5.56 Å². The third kappa shape index (κ3) is 4.57. The van der Waals surface area contributed by atoms with Gasteiger partial charge in [-0.3, -0.25) is 9.59 Å². The van der Waals surface area contributed by atoms with Crippen LogP contribution in [-0.2, 0) is 20.9 Å². The minimum Gasteiger partial charge on any atom is -0.465 e. The summed E-state index contributed by atoms with van der Waals surface area (Å²) in [4.78, 5) is 24.6. The van der Waals surface area contributed by atoms with Crippen molar-refractivity contribution in [1.29, 1.82) is 0 Å². The Morgan fingerprint density at radius 2 is 1.94 bits per heavy atom. The first-order chi connectivity index (χ1) is 8.67. The Kier molecular flexibility index (Phi) is 5.91. The molecule has 0 aromatic heterocycles. The van der Waals surface area contributed by atoms with Crippen LogP contribution >= 0.6 is 0 Å². The molecule has 0 saturated carbocycles. The van der Waals surface area contributed by atoms with Gasteiger partial charge < -0.3 is 9.64 Å². The molecule has 0 heterocycles. The van der Waals surface area contributed by atoms with Gasteiger partial charge in [-0.2, -0.15) is 0 Å². The summed E-state index contributed by atoms with van der Waals surface area (Å²) in [6.07, 6.45) is 0.131. The average Bonchev–Trinajstić information content (AvgIpc) is 2.38. The number of rotatable bonds is 6. The van der Waals surface area contributed by atoms with Crippen LogP contribution in [0.3, 0.4) is 0 Å². The van der Waals surface area contributed by atoms with Crippen molar-refractivity contribution in [3.8, 4) is 0 Å². The van der Waals surface area contributed by atoms with Gasteiger partial charge >= 0.3 is 5.97 Å². The minimum atomic E-state index is -0.393. The summed E-state index contributed by atoms with van der Waals surface area (Å²) in [5.41, 5.74) is 0.976. The molecule has 1 rings (SSSR count). The van der Waals surface area contributed by atoms with E-state index in [1.807, 2.05) is 30.3 Å². The van der Waals surface area contributed by atoms with Crippen LogP contribution in [0, 0.1) is 6.92 Å². The van der Waals surface area contributed by atoms with E-state index in [1.165, 1.54) is 4.90 Å². The lowest BCUT2D eigenvalue weighted by Gasteiger charge is -2.21. The van der Waals surface area contributed by atoms with E-state index in [0.29, 0.717) is 13.2 Å². The maximum absolute atomic E-state index is 11.7. The van der Waals surface area contributed by atoms with Crippen LogP contribution in [0.1, 0.15) is 18.9 Å². The zero-order valence-electron chi connectivity index (χ0n) is 10.6. The molecule has 0 bridgehead atoms. The Labute approximate surface area is 108 Å². The third-order valence-corrected chi connectivity index (χ3v) is 2.41. The number of hydrogen-bond donors (Lipinski definition) is 0. The molecule has 4 nitrogen and oxygen atoms in total. The zero-order chi connectivity index (χ0) is 13.4. The molecule has 0 atom stereocenters. The molecule has 1 radical (unpaired) electrons. The van der Waals surface area contributed by atoms with Crippen molar-refractivity contribution in [2.24, 2.45) is 0 Å². The van der Waals surface area contributed by atoms with E-state index in [-0.39, 0.29) is 18.9 Å². The Balaban J connectivity index is 2.67. The van der Waals surface area contributed by atoms with Gasteiger partial charge in [0.2, 0.25) is 5.91 Å². The number of benzene rings is 1. The largest absolute Gasteiger partial charge is 0.465 e. The summed E-state index contributed by atoms with van der Waals surface area (Å²) >= 11 is 0. The Morgan fingerprint density at radius 1 is 1.28 bits per heavy atom. The molecule has 0 aliphatic carbocycles. The number of nitrogens with zero attached hydrogens (tertiary/aromatic N) is 1. The molecule has 18 heavy (non-hydrogen) atoms. The molecule has 0 fully saturated rings. The molecule has 0 saturated heterocycles. The van der Waals surface area contributed by atoms with Gasteiger partial charge in [-0.05, 0) is 19.4 Å². The van der Waals surface area contributed by atoms with Crippen molar-refractivity contribution in [2.45, 2.75) is 19.9 Å². The van der Waals surface area contributed by atoms with Crippen LogP contribution in [0.5, 0.6) is 0 Å². The fourth-order valence-electron chi connectivity index (χ4n) is 1.56. The molecule has 0 unspecified atom stereocenters. The smallest absolute Gasteiger partial charge is 0.325 e. The molecular formula is C14H18NO3. The summed E-state index contributed by atoms with van der Waals surface area (Å²) < 4.78 is 4.85. The lowest BCUT2D eigenvalue weighted by molar-refractivity contribution is -0.149. The molecule has 0 aliphatic rings. The van der Waals surface area contributed by atoms with E-state index in [4.69, 9.17) is 4.74 Å². The lowest BCUT2D eigenvalue weighted by atomic mass is 10.2. The zero-order valence-corrected chi connectivity index (χ0v) is 10.6. The fraction of sp³-hybridized carbons (Fsp3) is 0.357. The van der Waals surface area contributed by atoms with Crippen molar-refractivity contribution >= 4 is 11.9 Å². The standard InChI is InChI=1S/C14H18NO3/c1-3-13(16)15(11-14(17)18-4-2)10-12-8-6-5-7-9-12/h5-9H,1,3-4,10-11H2,2H3. The first-order valence-electron chi connectivity index (χ1n) is 5.94. The predicted octanol–water partition coefficient (Wildman–Crippen LogP) is 1.80. The summed E-state index contributed by atoms with van der Waals surface area (Å²) in [6, 6.07) is 9.52. The highest BCUT2D eigenvalue weighted by Crippen LogP contribution is 2.06. The molecule has 97 valence electrons. The number of ether oxygens (including phenoxy) is 1. The van der Waals surface area contributed by atoms with Gasteiger partial charge in [-0.25, -0.2) is 0 Å². The maximum Gasteiger partial charge on any atom is 0.325 e. The molecule has 1 amide bonds. The van der Waals surface area contributed by atoms with Gasteiger partial charge in [-0.1, -0.05) is 30.3 Å². The van der Waals surface area contributed by atoms with Crippen molar-refractivity contribution in [3.63, 3.8) is 0 Å². The monoisotopic (exact) mass is 248 g/mol. The van der Waals surface area contributed by atoms with Crippen LogP contribution in [0.25, 0.3) is 0 Å². The SMILES string of the molecule is [CH2]CC(=O)N(CC(=O)OCC)Cc1ccccc1. The Hall–Kier alpha value is -1.84. The van der Waals surface area contributed by atoms with Crippen LogP contribution in [-0.4, -0.2) is 29.9 Å². The molecule has 0 spiro atoms. The van der Waals surface area contributed by atoms with Crippen molar-refractivity contribution in [3.05, 3.63) is 42.8 Å². The van der Waals surface area contributed by atoms with Gasteiger partial charge in [0.1, 0.15) is 6.54 Å². The number of hydrogen-bond acceptors (Lipinski definition) is 3. The van der Waals surface area contributed by atoms with Gasteiger partial charge in [0, 0.05) is 13.0 Å². The summed E-state index contributed by atoms with van der Waals surface area (Å²) in [5, 5.41) is 0. The fourth-order valence-corrected chi connectivity index (χ4v) is 1.56. The molecule has 0 aliphatic heterocycles. The van der Waals surface area contributed by atoms with Gasteiger partial charge in [0.05, 0.1) is 6.61 Å². The quantitative estimate of drug-likeness (QED) is 0.721. The maximum atomic E-state index is 11.7. The second-order valence-electron chi connectivity index (χ2n) is 3.79. The molecule has 0 N–H and O–H groups in total. The summed E-state index contributed by atoms with van der Waals surface area (Å²) in [7, 11) is 0. The van der Waals surface area contributed by atoms with Crippen LogP contribution in [0.2, 0.25) is 0 Å². The van der Waals surface area contributed by atoms with Crippen LogP contribution in [0.4, 0.5) is 0 Å². The first kappa shape index (κ1) is 14.2. The van der Waals surface area contributed by atoms with Crippen molar-refractivity contribution in [1.82, 2.24) is 4.90 Å². The van der Waals surface area contributed by atoms with Gasteiger partial charge in [-0.15, -0.1) is 0 Å². The second-order valence-corrected chi connectivity index (χ2v) is 3.79. The van der Waals surface area contributed by atoms with Crippen molar-refractivity contribution < 1.29 is 14.3 Å². The molecule has 1 aromatic rings. The van der Waals surface area contributed by atoms with E-state index < -0.39 is 5.97 Å². The highest BCUT2D eigenvalue weighted by atomic mass is 16.5. The minimum absolute atomic E-state index is 0.0307. The van der Waals surface area contributed by atoms with Crippen LogP contribution in [0.15, 0.2) is 30.3 Å². The summed E-state index contributed by atoms with van der Waals surface area (Å²) in [6.45, 7) is 5.98. The molecule has 4 heteroatoms. The third-order valence-electron chi connectivity index (χ3n) is 2.41. The van der Waals surface area contributed by atoms with Crippen molar-refractivity contribution in [2.75, 3.05) is 13.2 Å². The molecular weight excluding hydrogens is 230 g/mol. The predicted molar refractivity (Wildman–Crippen MR) is 68.5 cm³/mol. The van der Waals surface area contributed by atoms with E-state index in [9.17, 15) is 9.59 Å².